The highest BCUT2D eigenvalue weighted by molar-refractivity contribution is 7.73. The van der Waals surface area contributed by atoms with Gasteiger partial charge in [-0.15, -0.1) is 0 Å². The van der Waals surface area contributed by atoms with Crippen LogP contribution in [0.3, 0.4) is 0 Å². The maximum absolute atomic E-state index is 14.5. The average molecular weight is 405 g/mol. The van der Waals surface area contributed by atoms with Crippen LogP contribution in [0.1, 0.15) is 77.0 Å². The van der Waals surface area contributed by atoms with E-state index in [1.54, 1.807) is 0 Å². The molecule has 27 heavy (non-hydrogen) atoms. The molecule has 4 heteroatoms. The fourth-order valence-corrected chi connectivity index (χ4v) is 12.7. The Kier molecular flexibility index (Phi) is 6.25. The molecule has 2 nitrogen and oxygen atoms in total. The van der Waals surface area contributed by atoms with E-state index in [9.17, 15) is 9.13 Å². The molecule has 1 aromatic rings. The molecule has 0 N–H and O–H groups in total. The Labute approximate surface area is 166 Å². The normalized spacial score (nSPS) is 31.3. The maximum Gasteiger partial charge on any atom is 0.332 e. The Balaban J connectivity index is 1.79. The Morgan fingerprint density at radius 1 is 0.778 bits per heavy atom. The summed E-state index contributed by atoms with van der Waals surface area (Å²) in [7, 11) is -2.79. The van der Waals surface area contributed by atoms with E-state index in [1.165, 1.54) is 64.2 Å². The van der Waals surface area contributed by atoms with Crippen molar-refractivity contribution < 1.29 is 9.13 Å². The zero-order valence-electron chi connectivity index (χ0n) is 16.6. The number of rotatable bonds is 5. The lowest BCUT2D eigenvalue weighted by molar-refractivity contribution is 0.162. The molecule has 1 aromatic carbocycles. The van der Waals surface area contributed by atoms with Gasteiger partial charge in [-0.05, 0) is 38.5 Å². The summed E-state index contributed by atoms with van der Waals surface area (Å²) in [6, 6.07) is 10.3. The minimum Gasteiger partial charge on any atom is -0.318 e. The number of benzene rings is 1. The van der Waals surface area contributed by atoms with Crippen molar-refractivity contribution in [3.05, 3.63) is 30.3 Å². The Morgan fingerprint density at radius 3 is 1.85 bits per heavy atom. The smallest absolute Gasteiger partial charge is 0.318 e. The van der Waals surface area contributed by atoms with Crippen molar-refractivity contribution in [2.45, 2.75) is 87.9 Å². The van der Waals surface area contributed by atoms with E-state index in [0.29, 0.717) is 11.8 Å². The van der Waals surface area contributed by atoms with Crippen molar-refractivity contribution in [1.82, 2.24) is 0 Å². The van der Waals surface area contributed by atoms with Crippen LogP contribution in [0.4, 0.5) is 0 Å². The van der Waals surface area contributed by atoms with Gasteiger partial charge in [0.15, 0.2) is 5.16 Å². The Morgan fingerprint density at radius 2 is 1.33 bits per heavy atom. The van der Waals surface area contributed by atoms with Crippen molar-refractivity contribution in [3.8, 4) is 0 Å². The van der Waals surface area contributed by atoms with Crippen LogP contribution in [-0.2, 0) is 9.13 Å². The fourth-order valence-electron chi connectivity index (χ4n) is 6.73. The van der Waals surface area contributed by atoms with E-state index < -0.39 is 7.14 Å². The summed E-state index contributed by atoms with van der Waals surface area (Å²) in [6.45, 7) is 0. The van der Waals surface area contributed by atoms with Crippen molar-refractivity contribution >= 4 is 20.9 Å². The van der Waals surface area contributed by atoms with Gasteiger partial charge in [0.1, 0.15) is 7.14 Å². The van der Waals surface area contributed by atoms with E-state index >= 15 is 0 Å². The SMILES string of the molecule is O=[PH+]C(C1CCCCC1)(C1CCCCC1)C1CCCP1(=O)c1ccccc1. The summed E-state index contributed by atoms with van der Waals surface area (Å²) in [5.74, 6) is 1.04. The summed E-state index contributed by atoms with van der Waals surface area (Å²) in [5.41, 5.74) is 0.148. The van der Waals surface area contributed by atoms with Crippen LogP contribution in [0, 0.1) is 11.8 Å². The van der Waals surface area contributed by atoms with Crippen LogP contribution in [-0.4, -0.2) is 17.0 Å². The standard InChI is InChI=1S/C23H34O2P2/c24-26-23(19-11-4-1-5-12-19,20-13-6-2-7-14-20)22-17-10-18-27(22,25)21-15-8-3-9-16-21/h3,8-9,15-16,19-20,22H,1-2,4-7,10-14,17-18H2/p+1. The van der Waals surface area contributed by atoms with E-state index in [1.807, 2.05) is 18.2 Å². The van der Waals surface area contributed by atoms with E-state index in [-0.39, 0.29) is 19.3 Å². The lowest BCUT2D eigenvalue weighted by Gasteiger charge is -2.45. The molecule has 0 amide bonds. The highest BCUT2D eigenvalue weighted by atomic mass is 31.2. The van der Waals surface area contributed by atoms with Crippen molar-refractivity contribution in [2.24, 2.45) is 11.8 Å². The van der Waals surface area contributed by atoms with Gasteiger partial charge in [0.05, 0.1) is 5.66 Å². The highest BCUT2D eigenvalue weighted by Crippen LogP contribution is 2.68. The molecule has 1 aliphatic heterocycles. The maximum atomic E-state index is 14.5. The Bertz CT molecular complexity index is 657. The second-order valence-electron chi connectivity index (χ2n) is 9.22. The van der Waals surface area contributed by atoms with Crippen LogP contribution in [0.15, 0.2) is 30.3 Å². The van der Waals surface area contributed by atoms with Crippen LogP contribution in [0.5, 0.6) is 0 Å². The van der Waals surface area contributed by atoms with Gasteiger partial charge in [0.25, 0.3) is 0 Å². The highest BCUT2D eigenvalue weighted by Gasteiger charge is 2.64. The number of hydrogen-bond acceptors (Lipinski definition) is 2. The van der Waals surface area contributed by atoms with Crippen LogP contribution < -0.4 is 5.30 Å². The summed E-state index contributed by atoms with van der Waals surface area (Å²) >= 11 is 0. The topological polar surface area (TPSA) is 34.1 Å². The third-order valence-electron chi connectivity index (χ3n) is 7.95. The zero-order valence-corrected chi connectivity index (χ0v) is 18.5. The largest absolute Gasteiger partial charge is 0.332 e. The van der Waals surface area contributed by atoms with Gasteiger partial charge in [-0.25, -0.2) is 0 Å². The second-order valence-corrected chi connectivity index (χ2v) is 13.5. The lowest BCUT2D eigenvalue weighted by atomic mass is 9.67. The van der Waals surface area contributed by atoms with Crippen molar-refractivity contribution in [2.75, 3.05) is 6.16 Å². The van der Waals surface area contributed by atoms with Gasteiger partial charge in [-0.2, -0.15) is 0 Å². The Hall–Kier alpha value is -0.450. The third-order valence-corrected chi connectivity index (χ3v) is 13.6. The molecule has 2 saturated carbocycles. The first-order valence-electron chi connectivity index (χ1n) is 11.3. The molecule has 0 bridgehead atoms. The number of hydrogen-bond donors (Lipinski definition) is 0. The van der Waals surface area contributed by atoms with Gasteiger partial charge < -0.3 is 4.57 Å². The summed E-state index contributed by atoms with van der Waals surface area (Å²) in [6.07, 6.45) is 15.4. The van der Waals surface area contributed by atoms with E-state index in [4.69, 9.17) is 0 Å². The minimum absolute atomic E-state index is 0.148. The molecule has 0 radical (unpaired) electrons. The molecule has 4 rings (SSSR count). The molecular weight excluding hydrogens is 370 g/mol. The summed E-state index contributed by atoms with van der Waals surface area (Å²) in [4.78, 5) is 0. The molecule has 1 saturated heterocycles. The molecule has 3 atom stereocenters. The lowest BCUT2D eigenvalue weighted by Crippen LogP contribution is -2.51. The molecule has 0 spiro atoms. The summed E-state index contributed by atoms with van der Waals surface area (Å²) < 4.78 is 27.7. The van der Waals surface area contributed by atoms with E-state index in [0.717, 1.165) is 24.3 Å². The first kappa shape index (κ1) is 19.8. The molecule has 3 unspecified atom stereocenters. The quantitative estimate of drug-likeness (QED) is 0.507. The molecule has 3 aliphatic rings. The molecule has 1 heterocycles. The van der Waals surface area contributed by atoms with Crippen molar-refractivity contribution in [3.63, 3.8) is 0 Å². The minimum atomic E-state index is -2.50. The summed E-state index contributed by atoms with van der Waals surface area (Å²) in [5, 5.41) is 0.865. The zero-order chi connectivity index (χ0) is 18.7. The average Bonchev–Trinajstić information content (AvgIpc) is 3.15. The predicted octanol–water partition coefficient (Wildman–Crippen LogP) is 6.76. The van der Waals surface area contributed by atoms with Gasteiger partial charge in [0.2, 0.25) is 0 Å². The third kappa shape index (κ3) is 3.51. The first-order valence-corrected chi connectivity index (χ1v) is 14.1. The van der Waals surface area contributed by atoms with Crippen LogP contribution in [0.25, 0.3) is 0 Å². The van der Waals surface area contributed by atoms with Crippen molar-refractivity contribution in [1.29, 1.82) is 0 Å². The molecule has 148 valence electrons. The van der Waals surface area contributed by atoms with Crippen LogP contribution >= 0.6 is 15.6 Å². The molecular formula is C23H35O2P2+. The van der Waals surface area contributed by atoms with Gasteiger partial charge in [-0.3, -0.25) is 0 Å². The van der Waals surface area contributed by atoms with Gasteiger partial charge in [0, 0.05) is 23.3 Å². The predicted molar refractivity (Wildman–Crippen MR) is 116 cm³/mol. The van der Waals surface area contributed by atoms with E-state index in [2.05, 4.69) is 12.1 Å². The van der Waals surface area contributed by atoms with Crippen LogP contribution in [0.2, 0.25) is 0 Å². The second kappa shape index (κ2) is 8.51. The molecule has 2 aliphatic carbocycles. The monoisotopic (exact) mass is 405 g/mol. The molecule has 3 fully saturated rings. The fraction of sp³-hybridized carbons (Fsp3) is 0.739. The van der Waals surface area contributed by atoms with Gasteiger partial charge >= 0.3 is 8.46 Å². The van der Waals surface area contributed by atoms with Gasteiger partial charge in [-0.1, -0.05) is 73.4 Å². The molecule has 0 aromatic heterocycles. The first-order chi connectivity index (χ1) is 13.2.